The van der Waals surface area contributed by atoms with Gasteiger partial charge in [0.25, 0.3) is 0 Å². The van der Waals surface area contributed by atoms with Crippen LogP contribution in [-0.4, -0.2) is 6.02 Å². The molecule has 1 aliphatic carbocycles. The van der Waals surface area contributed by atoms with E-state index in [4.69, 9.17) is 15.2 Å². The van der Waals surface area contributed by atoms with Gasteiger partial charge in [-0.25, -0.2) is 0 Å². The van der Waals surface area contributed by atoms with Crippen molar-refractivity contribution in [1.82, 2.24) is 0 Å². The van der Waals surface area contributed by atoms with Crippen LogP contribution in [0.3, 0.4) is 0 Å². The predicted molar refractivity (Wildman–Crippen MR) is 40.2 cm³/mol. The lowest BCUT2D eigenvalue weighted by Crippen LogP contribution is -2.26. The summed E-state index contributed by atoms with van der Waals surface area (Å²) in [6.45, 7) is 1.31. The van der Waals surface area contributed by atoms with E-state index in [1.807, 2.05) is 0 Å². The molecule has 0 saturated heterocycles. The molecule has 1 rings (SSSR count). The van der Waals surface area contributed by atoms with E-state index in [0.29, 0.717) is 0 Å². The van der Waals surface area contributed by atoms with Crippen LogP contribution in [0, 0.1) is 5.89 Å². The predicted octanol–water partition coefficient (Wildman–Crippen LogP) is 1.91. The van der Waals surface area contributed by atoms with Crippen molar-refractivity contribution in [2.24, 2.45) is 11.6 Å². The van der Waals surface area contributed by atoms with Crippen LogP contribution in [0.1, 0.15) is 51.2 Å². The minimum absolute atomic E-state index is 0.409. The van der Waals surface area contributed by atoms with Crippen molar-refractivity contribution in [3.63, 3.8) is 0 Å². The van der Waals surface area contributed by atoms with Gasteiger partial charge in [-0.05, 0) is 31.4 Å². The highest BCUT2D eigenvalue weighted by Gasteiger charge is 2.15. The van der Waals surface area contributed by atoms with Crippen molar-refractivity contribution in [3.05, 3.63) is 0 Å². The van der Waals surface area contributed by atoms with Gasteiger partial charge in [-0.2, -0.15) is 0 Å². The zero-order valence-electron chi connectivity index (χ0n) is 16.2. The maximum atomic E-state index is 8.04. The van der Waals surface area contributed by atoms with Gasteiger partial charge in [0, 0.05) is 18.4 Å². The van der Waals surface area contributed by atoms with E-state index in [9.17, 15) is 0 Å². The first kappa shape index (κ1) is 1.42. The normalized spacial score (nSPS) is 96.2. The Morgan fingerprint density at radius 3 is 3.33 bits per heavy atom. The topological polar surface area (TPSA) is 26.0 Å². The van der Waals surface area contributed by atoms with Crippen LogP contribution in [0.2, 0.25) is 2.82 Å². The molecule has 1 fully saturated rings. The monoisotopic (exact) mass is 138 g/mol. The molecule has 3 atom stereocenters. The molecule has 0 spiro atoms. The third-order valence-electron chi connectivity index (χ3n) is 1.08. The second kappa shape index (κ2) is 3.21. The first-order valence-corrected chi connectivity index (χ1v) is 2.86. The second-order valence-electron chi connectivity index (χ2n) is 1.76. The van der Waals surface area contributed by atoms with Gasteiger partial charge >= 0.3 is 0 Å². The minimum Gasteiger partial charge on any atom is -0.328 e. The summed E-state index contributed by atoms with van der Waals surface area (Å²) in [5, 5.41) is 0. The molecule has 9 heavy (non-hydrogen) atoms. The zero-order valence-corrected chi connectivity index (χ0v) is 5.23. The number of hydrogen-bond donors (Lipinski definition) is 1. The van der Waals surface area contributed by atoms with Gasteiger partial charge in [0.05, 0.1) is 0 Å². The van der Waals surface area contributed by atoms with Crippen molar-refractivity contribution in [3.8, 4) is 0 Å². The average molecular weight is 138 g/mol. The van der Waals surface area contributed by atoms with Crippen LogP contribution >= 0.6 is 0 Å². The molecule has 0 bridgehead atoms. The highest BCUT2D eigenvalue weighted by Crippen LogP contribution is 2.24. The number of hydrogen-bond acceptors (Lipinski definition) is 1. The summed E-state index contributed by atoms with van der Waals surface area (Å²) in [6.07, 6.45) is -12.0. The maximum Gasteiger partial charge on any atom is 0.119 e. The zero-order chi connectivity index (χ0) is 16.4. The van der Waals surface area contributed by atoms with E-state index >= 15 is 0 Å². The summed E-state index contributed by atoms with van der Waals surface area (Å²) >= 11 is 0. The molecule has 3 unspecified atom stereocenters. The van der Waals surface area contributed by atoms with Gasteiger partial charge in [0.2, 0.25) is 0 Å². The summed E-state index contributed by atoms with van der Waals surface area (Å²) < 4.78 is 85.0. The SMILES string of the molecule is [2H]C1C([2H])([2H])C([2H])(CC)C([2H])([2H])C([2H])([2H])C1([2H])N([2H])[2H]. The van der Waals surface area contributed by atoms with Gasteiger partial charge in [0.15, 0.2) is 0 Å². The summed E-state index contributed by atoms with van der Waals surface area (Å²) in [5.41, 5.74) is -0.477. The Balaban J connectivity index is 3.71. The summed E-state index contributed by atoms with van der Waals surface area (Å²) in [6, 6.07) is -3.10. The largest absolute Gasteiger partial charge is 0.328 e. The Morgan fingerprint density at radius 1 is 1.78 bits per heavy atom. The molecule has 54 valence electrons. The molecule has 0 aliphatic heterocycles. The minimum atomic E-state index is -3.25. The summed E-state index contributed by atoms with van der Waals surface area (Å²) in [4.78, 5) is 0. The Hall–Kier alpha value is -0.0400. The first-order chi connectivity index (χ1) is 8.66. The van der Waals surface area contributed by atoms with Gasteiger partial charge < -0.3 is 5.72 Å². The second-order valence-corrected chi connectivity index (χ2v) is 1.76. The Kier molecular flexibility index (Phi) is 0.508. The van der Waals surface area contributed by atoms with Gasteiger partial charge in [0.1, 0.15) is 2.82 Å². The molecule has 1 nitrogen and oxygen atoms in total. The van der Waals surface area contributed by atoms with E-state index in [2.05, 4.69) is 0 Å². The molecular weight excluding hydrogens is 110 g/mol. The molecule has 0 aromatic carbocycles. The third kappa shape index (κ3) is 1.98. The highest BCUT2D eigenvalue weighted by molar-refractivity contribution is 4.72. The Labute approximate surface area is 73.2 Å². The summed E-state index contributed by atoms with van der Waals surface area (Å²) in [7, 11) is 0. The number of rotatable bonds is 2. The van der Waals surface area contributed by atoms with Crippen molar-refractivity contribution >= 4 is 0 Å². The Bertz CT molecular complexity index is 390. The summed E-state index contributed by atoms with van der Waals surface area (Å²) in [5.74, 6) is -2.60. The molecule has 0 aromatic heterocycles. The fraction of sp³-hybridized carbons (Fsp3) is 1.00. The molecule has 1 heteroatoms. The van der Waals surface area contributed by atoms with Crippen LogP contribution in [0.5, 0.6) is 0 Å². The molecular formula is C8H17N. The average Bonchev–Trinajstić information content (AvgIpc) is 2.33. The van der Waals surface area contributed by atoms with Crippen LogP contribution in [0.25, 0.3) is 0 Å². The quantitative estimate of drug-likeness (QED) is 0.620. The van der Waals surface area contributed by atoms with Crippen molar-refractivity contribution in [1.29, 1.82) is 0 Å². The van der Waals surface area contributed by atoms with E-state index in [-0.39, 0.29) is 0 Å². The fourth-order valence-corrected chi connectivity index (χ4v) is 0.558. The highest BCUT2D eigenvalue weighted by atomic mass is 14.6. The molecule has 0 aromatic rings. The standard InChI is InChI=1S/C8H17N/c1-2-7-3-5-8(9)6-4-7/h7-8H,2-6,9H2,1H3/i3D2,4D2,5D,6D2,7D,8D/hD2. The van der Waals surface area contributed by atoms with Crippen LogP contribution in [0.4, 0.5) is 0 Å². The van der Waals surface area contributed by atoms with E-state index < -0.39 is 49.6 Å². The Morgan fingerprint density at radius 2 is 2.67 bits per heavy atom. The van der Waals surface area contributed by atoms with Crippen molar-refractivity contribution in [2.75, 3.05) is 0 Å². The number of nitrogens with two attached hydrogens (primary N) is 1. The smallest absolute Gasteiger partial charge is 0.119 e. The first-order valence-electron chi connectivity index (χ1n) is 8.33. The van der Waals surface area contributed by atoms with Crippen LogP contribution in [-0.2, 0) is 0 Å². The molecule has 1 aliphatic rings. The van der Waals surface area contributed by atoms with E-state index in [0.717, 1.165) is 0 Å². The maximum absolute atomic E-state index is 8.04. The molecule has 0 heterocycles. The lowest BCUT2D eigenvalue weighted by molar-refractivity contribution is 0.319. The molecule has 1 saturated carbocycles. The molecule has 0 amide bonds. The van der Waals surface area contributed by atoms with Crippen molar-refractivity contribution in [2.45, 2.75) is 44.9 Å². The van der Waals surface area contributed by atoms with Gasteiger partial charge in [-0.15, -0.1) is 0 Å². The van der Waals surface area contributed by atoms with E-state index in [1.54, 1.807) is 0 Å². The van der Waals surface area contributed by atoms with Gasteiger partial charge in [-0.1, -0.05) is 13.3 Å². The fourth-order valence-electron chi connectivity index (χ4n) is 0.558. The lowest BCUT2D eigenvalue weighted by atomic mass is 9.85. The van der Waals surface area contributed by atoms with E-state index in [1.165, 1.54) is 6.92 Å². The third-order valence-corrected chi connectivity index (χ3v) is 1.08. The molecule has 0 radical (unpaired) electrons. The van der Waals surface area contributed by atoms with Gasteiger partial charge in [-0.3, -0.25) is 0 Å². The van der Waals surface area contributed by atoms with Crippen LogP contribution in [0.15, 0.2) is 0 Å². The van der Waals surface area contributed by atoms with Crippen molar-refractivity contribution < 1.29 is 15.2 Å². The lowest BCUT2D eigenvalue weighted by Gasteiger charge is -2.24. The molecule has 2 N–H and O–H groups in total. The van der Waals surface area contributed by atoms with Crippen LogP contribution < -0.4 is 5.72 Å².